The molecule has 3 aromatic rings. The van der Waals surface area contributed by atoms with Crippen molar-refractivity contribution in [2.24, 2.45) is 5.92 Å². The molecule has 5 rings (SSSR count). The van der Waals surface area contributed by atoms with Crippen LogP contribution in [-0.4, -0.2) is 76.0 Å². The third-order valence-corrected chi connectivity index (χ3v) is 8.25. The van der Waals surface area contributed by atoms with Crippen LogP contribution in [0.2, 0.25) is 0 Å². The zero-order chi connectivity index (χ0) is 30.3. The van der Waals surface area contributed by atoms with Crippen molar-refractivity contribution in [1.29, 1.82) is 0 Å². The topological polar surface area (TPSA) is 76.2 Å². The molecule has 0 aliphatic carbocycles. The smallest absolute Gasteiger partial charge is 0.334 e. The zero-order valence-electron chi connectivity index (χ0n) is 24.8. The minimum absolute atomic E-state index is 0.0694. The van der Waals surface area contributed by atoms with Crippen LogP contribution in [0.4, 0.5) is 4.79 Å². The number of piperazine rings is 1. The summed E-state index contributed by atoms with van der Waals surface area (Å²) in [7, 11) is 0. The molecule has 0 saturated carbocycles. The Morgan fingerprint density at radius 3 is 2.07 bits per heavy atom. The van der Waals surface area contributed by atoms with Gasteiger partial charge in [-0.3, -0.25) is 9.59 Å². The lowest BCUT2D eigenvalue weighted by Crippen LogP contribution is -2.77. The molecule has 3 aromatic carbocycles. The van der Waals surface area contributed by atoms with Crippen molar-refractivity contribution in [2.45, 2.75) is 44.9 Å². The fourth-order valence-corrected chi connectivity index (χ4v) is 6.23. The molecular weight excluding hydrogens is 538 g/mol. The molecule has 1 N–H and O–H groups in total. The standard InChI is InChI=1S/C35H39N5O3/c1-4-21-38-25-32(41)39-31(40(38)35(43)36-23-27-14-8-5-9-15-27)24-37(34(42)33(39)26(2)3)22-20-30(28-16-10-6-11-17-28)29-18-12-7-13-19-29/h1,5-19,26,30-31,33H,20-25H2,2-3H3,(H,36,43)/t31-,33-/m0/s1. The molecule has 0 aromatic heterocycles. The number of terminal acetylenes is 1. The van der Waals surface area contributed by atoms with E-state index in [4.69, 9.17) is 6.42 Å². The molecule has 0 bridgehead atoms. The number of hydrogen-bond donors (Lipinski definition) is 1. The third-order valence-electron chi connectivity index (χ3n) is 8.25. The van der Waals surface area contributed by atoms with Gasteiger partial charge in [0, 0.05) is 19.0 Å². The molecule has 0 spiro atoms. The van der Waals surface area contributed by atoms with Gasteiger partial charge in [0.25, 0.3) is 0 Å². The molecule has 2 heterocycles. The van der Waals surface area contributed by atoms with Crippen molar-refractivity contribution in [3.05, 3.63) is 108 Å². The molecule has 2 aliphatic rings. The van der Waals surface area contributed by atoms with Gasteiger partial charge >= 0.3 is 6.03 Å². The molecule has 2 saturated heterocycles. The first kappa shape index (κ1) is 29.9. The second-order valence-corrected chi connectivity index (χ2v) is 11.4. The Kier molecular flexibility index (Phi) is 9.43. The van der Waals surface area contributed by atoms with Gasteiger partial charge in [0.05, 0.1) is 19.6 Å². The summed E-state index contributed by atoms with van der Waals surface area (Å²) in [6.07, 6.45) is 5.69. The summed E-state index contributed by atoms with van der Waals surface area (Å²) in [5, 5.41) is 6.18. The molecule has 2 aliphatic heterocycles. The van der Waals surface area contributed by atoms with Gasteiger partial charge in [0.15, 0.2) is 0 Å². The van der Waals surface area contributed by atoms with Crippen molar-refractivity contribution in [2.75, 3.05) is 26.2 Å². The van der Waals surface area contributed by atoms with Crippen molar-refractivity contribution < 1.29 is 14.4 Å². The van der Waals surface area contributed by atoms with Crippen molar-refractivity contribution >= 4 is 17.8 Å². The summed E-state index contributed by atoms with van der Waals surface area (Å²) in [5.41, 5.74) is 3.31. The van der Waals surface area contributed by atoms with Gasteiger partial charge in [0.1, 0.15) is 12.2 Å². The number of benzene rings is 3. The number of carbonyl (C=O) groups is 3. The minimum Gasteiger partial charge on any atom is -0.337 e. The van der Waals surface area contributed by atoms with E-state index in [0.29, 0.717) is 19.5 Å². The van der Waals surface area contributed by atoms with Crippen molar-refractivity contribution in [3.8, 4) is 12.3 Å². The number of hydrogen-bond acceptors (Lipinski definition) is 4. The minimum atomic E-state index is -0.685. The first-order chi connectivity index (χ1) is 20.9. The van der Waals surface area contributed by atoms with E-state index in [1.54, 1.807) is 14.9 Å². The van der Waals surface area contributed by atoms with Gasteiger partial charge in [-0.05, 0) is 29.0 Å². The summed E-state index contributed by atoms with van der Waals surface area (Å²) in [5.74, 6) is 2.24. The molecule has 43 heavy (non-hydrogen) atoms. The quantitative estimate of drug-likeness (QED) is 0.385. The highest BCUT2D eigenvalue weighted by Gasteiger charge is 2.52. The number of nitrogens with zero attached hydrogens (tertiary/aromatic N) is 4. The second-order valence-electron chi connectivity index (χ2n) is 11.4. The predicted molar refractivity (Wildman–Crippen MR) is 166 cm³/mol. The van der Waals surface area contributed by atoms with Crippen LogP contribution in [-0.2, 0) is 16.1 Å². The maximum Gasteiger partial charge on any atom is 0.334 e. The first-order valence-electron chi connectivity index (χ1n) is 14.9. The van der Waals surface area contributed by atoms with E-state index in [0.717, 1.165) is 5.56 Å². The Morgan fingerprint density at radius 1 is 0.930 bits per heavy atom. The van der Waals surface area contributed by atoms with E-state index in [9.17, 15) is 14.4 Å². The van der Waals surface area contributed by atoms with E-state index in [1.165, 1.54) is 11.1 Å². The largest absolute Gasteiger partial charge is 0.337 e. The molecule has 2 fully saturated rings. The Morgan fingerprint density at radius 2 is 1.51 bits per heavy atom. The van der Waals surface area contributed by atoms with Gasteiger partial charge in [-0.2, -0.15) is 5.01 Å². The number of fused-ring (bicyclic) bond motifs is 1. The van der Waals surface area contributed by atoms with Gasteiger partial charge in [0.2, 0.25) is 11.8 Å². The monoisotopic (exact) mass is 577 g/mol. The molecule has 8 nitrogen and oxygen atoms in total. The average Bonchev–Trinajstić information content (AvgIpc) is 3.02. The molecule has 4 amide bonds. The highest BCUT2D eigenvalue weighted by molar-refractivity contribution is 5.91. The zero-order valence-corrected chi connectivity index (χ0v) is 24.8. The van der Waals surface area contributed by atoms with E-state index >= 15 is 0 Å². The normalized spacial score (nSPS) is 19.0. The number of carbonyl (C=O) groups excluding carboxylic acids is 3. The second kappa shape index (κ2) is 13.6. The van der Waals surface area contributed by atoms with Gasteiger partial charge in [-0.15, -0.1) is 6.42 Å². The maximum absolute atomic E-state index is 14.0. The molecule has 8 heteroatoms. The molecule has 2 atom stereocenters. The maximum atomic E-state index is 14.0. The number of hydrazine groups is 1. The number of nitrogens with one attached hydrogen (secondary N) is 1. The Labute approximate surface area is 254 Å². The SMILES string of the molecule is C#CCN1CC(=O)N2[C@@H](C(C)C)C(=O)N(CCC(c3ccccc3)c3ccccc3)C[C@@H]2N1C(=O)NCc1ccccc1. The van der Waals surface area contributed by atoms with Crippen LogP contribution < -0.4 is 5.32 Å². The Balaban J connectivity index is 1.43. The summed E-state index contributed by atoms with van der Waals surface area (Å²) in [6.45, 7) is 4.92. The summed E-state index contributed by atoms with van der Waals surface area (Å²) in [4.78, 5) is 44.8. The summed E-state index contributed by atoms with van der Waals surface area (Å²) < 4.78 is 0. The summed E-state index contributed by atoms with van der Waals surface area (Å²) in [6, 6.07) is 29.2. The first-order valence-corrected chi connectivity index (χ1v) is 14.9. The lowest BCUT2D eigenvalue weighted by Gasteiger charge is -2.55. The van der Waals surface area contributed by atoms with Crippen LogP contribution in [0.15, 0.2) is 91.0 Å². The average molecular weight is 578 g/mol. The highest BCUT2D eigenvalue weighted by Crippen LogP contribution is 2.32. The van der Waals surface area contributed by atoms with E-state index in [1.807, 2.05) is 85.5 Å². The van der Waals surface area contributed by atoms with Crippen LogP contribution >= 0.6 is 0 Å². The van der Waals surface area contributed by atoms with E-state index < -0.39 is 12.2 Å². The van der Waals surface area contributed by atoms with E-state index in [2.05, 4.69) is 35.5 Å². The highest BCUT2D eigenvalue weighted by atomic mass is 16.2. The fraction of sp³-hybridized carbons (Fsp3) is 0.343. The van der Waals surface area contributed by atoms with Gasteiger partial charge in [-0.1, -0.05) is 111 Å². The molecular formula is C35H39N5O3. The van der Waals surface area contributed by atoms with Crippen LogP contribution in [0.1, 0.15) is 42.9 Å². The van der Waals surface area contributed by atoms with Gasteiger partial charge < -0.3 is 15.1 Å². The molecule has 0 radical (unpaired) electrons. The number of urea groups is 1. The van der Waals surface area contributed by atoms with Crippen molar-refractivity contribution in [3.63, 3.8) is 0 Å². The van der Waals surface area contributed by atoms with Crippen LogP contribution in [0.3, 0.4) is 0 Å². The third kappa shape index (κ3) is 6.58. The fourth-order valence-electron chi connectivity index (χ4n) is 6.23. The van der Waals surface area contributed by atoms with Crippen molar-refractivity contribution in [1.82, 2.24) is 25.1 Å². The van der Waals surface area contributed by atoms with Crippen LogP contribution in [0.5, 0.6) is 0 Å². The van der Waals surface area contributed by atoms with E-state index in [-0.39, 0.29) is 49.3 Å². The van der Waals surface area contributed by atoms with Crippen LogP contribution in [0.25, 0.3) is 0 Å². The number of amides is 4. The lowest BCUT2D eigenvalue weighted by atomic mass is 9.88. The van der Waals surface area contributed by atoms with Crippen LogP contribution in [0, 0.1) is 18.3 Å². The molecule has 222 valence electrons. The Hall–Kier alpha value is -4.61. The van der Waals surface area contributed by atoms with Gasteiger partial charge in [-0.25, -0.2) is 9.80 Å². The number of rotatable bonds is 9. The lowest BCUT2D eigenvalue weighted by molar-refractivity contribution is -0.191. The molecule has 0 unspecified atom stereocenters. The predicted octanol–water partition coefficient (Wildman–Crippen LogP) is 4.31. The Bertz CT molecular complexity index is 1400. The summed E-state index contributed by atoms with van der Waals surface area (Å²) >= 11 is 0.